The minimum absolute atomic E-state index is 0.136. The Morgan fingerprint density at radius 2 is 1.68 bits per heavy atom. The summed E-state index contributed by atoms with van der Waals surface area (Å²) >= 11 is 0. The predicted octanol–water partition coefficient (Wildman–Crippen LogP) is 8.09. The van der Waals surface area contributed by atoms with Crippen LogP contribution in [0.25, 0.3) is 11.0 Å². The highest BCUT2D eigenvalue weighted by molar-refractivity contribution is 5.89. The first-order valence-corrected chi connectivity index (χ1v) is 12.8. The fraction of sp³-hybridized carbons (Fsp3) is 0.552. The molecular formula is C29H42O5. The second-order valence-corrected chi connectivity index (χ2v) is 9.21. The van der Waals surface area contributed by atoms with E-state index in [-0.39, 0.29) is 12.4 Å². The molecule has 2 aromatic rings. The van der Waals surface area contributed by atoms with Crippen LogP contribution in [-0.2, 0) is 0 Å². The molecular weight excluding hydrogens is 428 g/mol. The van der Waals surface area contributed by atoms with E-state index in [0.29, 0.717) is 23.3 Å². The van der Waals surface area contributed by atoms with Gasteiger partial charge in [-0.15, -0.1) is 0 Å². The molecule has 0 spiro atoms. The number of benzene rings is 1. The van der Waals surface area contributed by atoms with Crippen LogP contribution in [0.2, 0.25) is 0 Å². The number of allylic oxidation sites excluding steroid dienone is 3. The van der Waals surface area contributed by atoms with Gasteiger partial charge in [0.15, 0.2) is 17.1 Å². The number of hydrogen-bond donors (Lipinski definition) is 1. The molecule has 2 rings (SSSR count). The minimum atomic E-state index is -0.824. The molecule has 0 bridgehead atoms. The van der Waals surface area contributed by atoms with E-state index >= 15 is 0 Å². The molecule has 0 amide bonds. The summed E-state index contributed by atoms with van der Waals surface area (Å²) < 4.78 is 17.1. The van der Waals surface area contributed by atoms with E-state index in [0.717, 1.165) is 25.7 Å². The minimum Gasteiger partial charge on any atom is -0.499 e. The van der Waals surface area contributed by atoms with Gasteiger partial charge in [0.2, 0.25) is 5.75 Å². The first kappa shape index (κ1) is 27.6. The number of unbranched alkanes of at least 4 members (excludes halogenated alkanes) is 7. The van der Waals surface area contributed by atoms with Gasteiger partial charge in [-0.05, 0) is 58.2 Å². The molecule has 1 heterocycles. The van der Waals surface area contributed by atoms with Crippen molar-refractivity contribution in [2.45, 2.75) is 91.9 Å². The predicted molar refractivity (Wildman–Crippen MR) is 140 cm³/mol. The first-order valence-electron chi connectivity index (χ1n) is 12.8. The van der Waals surface area contributed by atoms with E-state index in [9.17, 15) is 9.90 Å². The van der Waals surface area contributed by atoms with Crippen LogP contribution in [-0.4, -0.2) is 18.3 Å². The third kappa shape index (κ3) is 9.28. The Balaban J connectivity index is 1.98. The summed E-state index contributed by atoms with van der Waals surface area (Å²) in [5, 5.41) is 10.8. The van der Waals surface area contributed by atoms with Crippen LogP contribution in [0.3, 0.4) is 0 Å². The molecule has 0 aliphatic heterocycles. The number of para-hydroxylation sites is 1. The van der Waals surface area contributed by atoms with Crippen molar-refractivity contribution in [3.63, 3.8) is 0 Å². The average molecular weight is 471 g/mol. The molecule has 0 unspecified atom stereocenters. The van der Waals surface area contributed by atoms with Crippen LogP contribution < -0.4 is 15.1 Å². The summed E-state index contributed by atoms with van der Waals surface area (Å²) in [6.07, 6.45) is 15.9. The Hall–Kier alpha value is -2.69. The largest absolute Gasteiger partial charge is 0.499 e. The maximum atomic E-state index is 12.3. The molecule has 0 radical (unpaired) electrons. The topological polar surface area (TPSA) is 68.9 Å². The Morgan fingerprint density at radius 3 is 2.38 bits per heavy atom. The first-order chi connectivity index (χ1) is 16.4. The van der Waals surface area contributed by atoms with Crippen LogP contribution in [0.5, 0.6) is 17.2 Å². The summed E-state index contributed by atoms with van der Waals surface area (Å²) in [6.45, 7) is 9.28. The summed E-state index contributed by atoms with van der Waals surface area (Å²) in [7, 11) is 0. The molecule has 1 N–H and O–H groups in total. The maximum absolute atomic E-state index is 12.3. The highest BCUT2D eigenvalue weighted by atomic mass is 16.5. The quantitative estimate of drug-likeness (QED) is 0.152. The van der Waals surface area contributed by atoms with Gasteiger partial charge in [-0.25, -0.2) is 4.79 Å². The lowest BCUT2D eigenvalue weighted by Crippen LogP contribution is -2.05. The lowest BCUT2D eigenvalue weighted by atomic mass is 10.1. The standard InChI is InChI=1S/C29H42O5/c1-5-6-7-8-9-10-11-12-20-32-25-18-14-17-24-27(25)34-29(31)26(30)28(24)33-21-19-23(4)16-13-15-22(2)3/h14-15,17-19,30H,5-13,16,20-21H2,1-4H3. The lowest BCUT2D eigenvalue weighted by Gasteiger charge is -2.12. The third-order valence-corrected chi connectivity index (χ3v) is 5.83. The van der Waals surface area contributed by atoms with Gasteiger partial charge in [0.05, 0.1) is 12.0 Å². The van der Waals surface area contributed by atoms with E-state index in [1.165, 1.54) is 49.7 Å². The molecule has 0 fully saturated rings. The Bertz CT molecular complexity index is 995. The second-order valence-electron chi connectivity index (χ2n) is 9.21. The molecule has 0 saturated heterocycles. The van der Waals surface area contributed by atoms with Crippen molar-refractivity contribution in [1.29, 1.82) is 0 Å². The fourth-order valence-electron chi connectivity index (χ4n) is 3.80. The van der Waals surface area contributed by atoms with Crippen molar-refractivity contribution in [1.82, 2.24) is 0 Å². The van der Waals surface area contributed by atoms with Gasteiger partial charge in [0, 0.05) is 0 Å². The fourth-order valence-corrected chi connectivity index (χ4v) is 3.80. The Labute approximate surface area is 204 Å². The highest BCUT2D eigenvalue weighted by Gasteiger charge is 2.18. The summed E-state index contributed by atoms with van der Waals surface area (Å²) in [4.78, 5) is 12.3. The van der Waals surface area contributed by atoms with Crippen molar-refractivity contribution < 1.29 is 19.0 Å². The van der Waals surface area contributed by atoms with E-state index in [2.05, 4.69) is 33.8 Å². The number of rotatable bonds is 16. The monoisotopic (exact) mass is 470 g/mol. The van der Waals surface area contributed by atoms with E-state index in [4.69, 9.17) is 13.9 Å². The van der Waals surface area contributed by atoms with Gasteiger partial charge in [-0.2, -0.15) is 0 Å². The van der Waals surface area contributed by atoms with Crippen molar-refractivity contribution >= 4 is 11.0 Å². The highest BCUT2D eigenvalue weighted by Crippen LogP contribution is 2.36. The lowest BCUT2D eigenvalue weighted by molar-refractivity contribution is 0.298. The van der Waals surface area contributed by atoms with Gasteiger partial charge in [-0.1, -0.05) is 75.2 Å². The zero-order chi connectivity index (χ0) is 24.8. The smallest absolute Gasteiger partial charge is 0.382 e. The molecule has 0 atom stereocenters. The normalized spacial score (nSPS) is 11.6. The molecule has 0 aliphatic rings. The van der Waals surface area contributed by atoms with Crippen LogP contribution in [0.1, 0.15) is 91.9 Å². The van der Waals surface area contributed by atoms with Crippen LogP contribution in [0.15, 0.2) is 50.7 Å². The zero-order valence-electron chi connectivity index (χ0n) is 21.5. The molecule has 34 heavy (non-hydrogen) atoms. The average Bonchev–Trinajstić information content (AvgIpc) is 2.80. The van der Waals surface area contributed by atoms with Crippen molar-refractivity contribution in [3.8, 4) is 17.2 Å². The second kappa shape index (κ2) is 15.3. The molecule has 0 saturated carbocycles. The summed E-state index contributed by atoms with van der Waals surface area (Å²) in [5.41, 5.74) is 1.98. The third-order valence-electron chi connectivity index (χ3n) is 5.83. The number of aromatic hydroxyl groups is 1. The van der Waals surface area contributed by atoms with E-state index in [1.807, 2.05) is 12.1 Å². The number of hydrogen-bond acceptors (Lipinski definition) is 5. The molecule has 5 heteroatoms. The molecule has 1 aromatic carbocycles. The van der Waals surface area contributed by atoms with Crippen LogP contribution >= 0.6 is 0 Å². The SMILES string of the molecule is CCCCCCCCCCOc1cccc2c(OCC=C(C)CCC=C(C)C)c(O)c(=O)oc12. The summed E-state index contributed by atoms with van der Waals surface area (Å²) in [6, 6.07) is 5.37. The van der Waals surface area contributed by atoms with Gasteiger partial charge < -0.3 is 19.0 Å². The van der Waals surface area contributed by atoms with Gasteiger partial charge in [0.25, 0.3) is 0 Å². The summed E-state index contributed by atoms with van der Waals surface area (Å²) in [5.74, 6) is 0.122. The Kier molecular flexibility index (Phi) is 12.4. The number of fused-ring (bicyclic) bond motifs is 1. The van der Waals surface area contributed by atoms with Crippen molar-refractivity contribution in [2.24, 2.45) is 0 Å². The van der Waals surface area contributed by atoms with Gasteiger partial charge in [-0.3, -0.25) is 0 Å². The molecule has 5 nitrogen and oxygen atoms in total. The molecule has 188 valence electrons. The van der Waals surface area contributed by atoms with Crippen molar-refractivity contribution in [3.05, 3.63) is 51.9 Å². The van der Waals surface area contributed by atoms with Crippen LogP contribution in [0, 0.1) is 0 Å². The van der Waals surface area contributed by atoms with Crippen LogP contribution in [0.4, 0.5) is 0 Å². The zero-order valence-corrected chi connectivity index (χ0v) is 21.5. The molecule has 0 aliphatic carbocycles. The van der Waals surface area contributed by atoms with E-state index in [1.54, 1.807) is 12.1 Å². The number of ether oxygens (including phenoxy) is 2. The Morgan fingerprint density at radius 1 is 0.971 bits per heavy atom. The molecule has 1 aromatic heterocycles. The van der Waals surface area contributed by atoms with Gasteiger partial charge in [0.1, 0.15) is 6.61 Å². The van der Waals surface area contributed by atoms with Gasteiger partial charge >= 0.3 is 5.63 Å². The van der Waals surface area contributed by atoms with E-state index < -0.39 is 11.4 Å². The van der Waals surface area contributed by atoms with Crippen molar-refractivity contribution in [2.75, 3.05) is 13.2 Å². The maximum Gasteiger partial charge on any atom is 0.382 e.